The maximum atomic E-state index is 11.2. The Morgan fingerprint density at radius 3 is 2.75 bits per heavy atom. The minimum absolute atomic E-state index is 0.0477. The van der Waals surface area contributed by atoms with Crippen molar-refractivity contribution in [2.75, 3.05) is 20.7 Å². The normalized spacial score (nSPS) is 9.94. The first-order valence-electron chi connectivity index (χ1n) is 5.11. The van der Waals surface area contributed by atoms with Crippen molar-refractivity contribution in [3.05, 3.63) is 24.0 Å². The number of amides is 1. The van der Waals surface area contributed by atoms with Crippen LogP contribution >= 0.6 is 0 Å². The predicted octanol–water partition coefficient (Wildman–Crippen LogP) is 0.397. The van der Waals surface area contributed by atoms with Gasteiger partial charge in [-0.15, -0.1) is 0 Å². The van der Waals surface area contributed by atoms with E-state index in [2.05, 4.69) is 4.98 Å². The number of hydrogen-bond acceptors (Lipinski definition) is 4. The van der Waals surface area contributed by atoms with Crippen LogP contribution in [0.5, 0.6) is 5.75 Å². The number of nitrogens with two attached hydrogens (primary N) is 1. The van der Waals surface area contributed by atoms with Crippen LogP contribution in [0.1, 0.15) is 12.1 Å². The topological polar surface area (TPSA) is 68.5 Å². The molecule has 1 heterocycles. The van der Waals surface area contributed by atoms with Gasteiger partial charge in [0.25, 0.3) is 0 Å². The monoisotopic (exact) mass is 223 g/mol. The maximum Gasteiger partial charge on any atom is 0.225 e. The molecule has 0 aliphatic heterocycles. The molecule has 1 amide bonds. The van der Waals surface area contributed by atoms with E-state index < -0.39 is 0 Å². The summed E-state index contributed by atoms with van der Waals surface area (Å²) in [5.41, 5.74) is 6.24. The van der Waals surface area contributed by atoms with Gasteiger partial charge in [0.05, 0.1) is 24.9 Å². The van der Waals surface area contributed by atoms with E-state index in [-0.39, 0.29) is 5.91 Å². The second kappa shape index (κ2) is 6.07. The Hall–Kier alpha value is -1.62. The number of carbonyl (C=O) groups is 1. The van der Waals surface area contributed by atoms with Gasteiger partial charge in [-0.2, -0.15) is 0 Å². The summed E-state index contributed by atoms with van der Waals surface area (Å²) in [6.07, 6.45) is 1.98. The summed E-state index contributed by atoms with van der Waals surface area (Å²) in [5.74, 6) is 0.704. The summed E-state index contributed by atoms with van der Waals surface area (Å²) >= 11 is 0. The second-order valence-electron chi connectivity index (χ2n) is 3.58. The third-order valence-electron chi connectivity index (χ3n) is 2.09. The Balaban J connectivity index is 2.34. The highest BCUT2D eigenvalue weighted by Gasteiger charge is 2.03. The number of pyridine rings is 1. The number of hydrogen-bond donors (Lipinski definition) is 1. The van der Waals surface area contributed by atoms with Gasteiger partial charge in [0.2, 0.25) is 5.91 Å². The SMILES string of the molecule is CN(C)C(=O)CCOc1ccc(CN)nc1. The molecule has 1 rings (SSSR count). The zero-order chi connectivity index (χ0) is 12.0. The van der Waals surface area contributed by atoms with E-state index in [0.717, 1.165) is 5.69 Å². The molecule has 0 saturated heterocycles. The van der Waals surface area contributed by atoms with E-state index >= 15 is 0 Å². The Bertz CT molecular complexity index is 336. The van der Waals surface area contributed by atoms with Crippen LogP contribution in [0.15, 0.2) is 18.3 Å². The molecule has 88 valence electrons. The maximum absolute atomic E-state index is 11.2. The fraction of sp³-hybridized carbons (Fsp3) is 0.455. The Morgan fingerprint density at radius 1 is 1.50 bits per heavy atom. The molecular weight excluding hydrogens is 206 g/mol. The van der Waals surface area contributed by atoms with E-state index in [0.29, 0.717) is 25.3 Å². The minimum atomic E-state index is 0.0477. The van der Waals surface area contributed by atoms with Crippen molar-refractivity contribution in [3.8, 4) is 5.75 Å². The molecule has 0 atom stereocenters. The van der Waals surface area contributed by atoms with Crippen molar-refractivity contribution in [1.82, 2.24) is 9.88 Å². The summed E-state index contributed by atoms with van der Waals surface area (Å²) in [4.78, 5) is 16.9. The molecule has 0 spiro atoms. The average Bonchev–Trinajstić information content (AvgIpc) is 2.29. The molecule has 0 saturated carbocycles. The predicted molar refractivity (Wildman–Crippen MR) is 60.9 cm³/mol. The van der Waals surface area contributed by atoms with Gasteiger partial charge in [-0.1, -0.05) is 0 Å². The number of ether oxygens (including phenoxy) is 1. The van der Waals surface area contributed by atoms with Crippen molar-refractivity contribution >= 4 is 5.91 Å². The summed E-state index contributed by atoms with van der Waals surface area (Å²) in [5, 5.41) is 0. The lowest BCUT2D eigenvalue weighted by Crippen LogP contribution is -2.23. The highest BCUT2D eigenvalue weighted by molar-refractivity contribution is 5.75. The van der Waals surface area contributed by atoms with E-state index in [1.807, 2.05) is 6.07 Å². The number of nitrogens with zero attached hydrogens (tertiary/aromatic N) is 2. The molecule has 0 fully saturated rings. The first-order chi connectivity index (χ1) is 7.63. The van der Waals surface area contributed by atoms with E-state index in [1.165, 1.54) is 0 Å². The van der Waals surface area contributed by atoms with Gasteiger partial charge in [0.1, 0.15) is 5.75 Å². The van der Waals surface area contributed by atoms with Gasteiger partial charge in [-0.3, -0.25) is 9.78 Å². The lowest BCUT2D eigenvalue weighted by Gasteiger charge is -2.10. The average molecular weight is 223 g/mol. The van der Waals surface area contributed by atoms with Crippen LogP contribution in [0.4, 0.5) is 0 Å². The number of aromatic nitrogens is 1. The van der Waals surface area contributed by atoms with Gasteiger partial charge in [0, 0.05) is 20.6 Å². The Labute approximate surface area is 95.2 Å². The van der Waals surface area contributed by atoms with Gasteiger partial charge in [-0.05, 0) is 12.1 Å². The van der Waals surface area contributed by atoms with E-state index in [4.69, 9.17) is 10.5 Å². The first kappa shape index (κ1) is 12.4. The van der Waals surface area contributed by atoms with Gasteiger partial charge >= 0.3 is 0 Å². The first-order valence-corrected chi connectivity index (χ1v) is 5.11. The van der Waals surface area contributed by atoms with Gasteiger partial charge in [0.15, 0.2) is 0 Å². The lowest BCUT2D eigenvalue weighted by molar-refractivity contribution is -0.129. The van der Waals surface area contributed by atoms with Crippen LogP contribution in [0, 0.1) is 0 Å². The van der Waals surface area contributed by atoms with Crippen LogP contribution in [0.25, 0.3) is 0 Å². The summed E-state index contributed by atoms with van der Waals surface area (Å²) < 4.78 is 5.38. The fourth-order valence-corrected chi connectivity index (χ4v) is 1.10. The zero-order valence-electron chi connectivity index (χ0n) is 9.64. The molecule has 5 nitrogen and oxygen atoms in total. The minimum Gasteiger partial charge on any atom is -0.491 e. The molecule has 5 heteroatoms. The van der Waals surface area contributed by atoms with E-state index in [1.54, 1.807) is 31.3 Å². The standard InChI is InChI=1S/C11H17N3O2/c1-14(2)11(15)5-6-16-10-4-3-9(7-12)13-8-10/h3-4,8H,5-7,12H2,1-2H3. The molecule has 0 aliphatic carbocycles. The van der Waals surface area contributed by atoms with Crippen LogP contribution < -0.4 is 10.5 Å². The molecular formula is C11H17N3O2. The molecule has 2 N–H and O–H groups in total. The molecule has 0 radical (unpaired) electrons. The Kier molecular flexibility index (Phi) is 4.72. The van der Waals surface area contributed by atoms with Crippen molar-refractivity contribution in [3.63, 3.8) is 0 Å². The highest BCUT2D eigenvalue weighted by Crippen LogP contribution is 2.09. The molecule has 1 aromatic rings. The van der Waals surface area contributed by atoms with Crippen LogP contribution in [-0.2, 0) is 11.3 Å². The van der Waals surface area contributed by atoms with Crippen molar-refractivity contribution < 1.29 is 9.53 Å². The van der Waals surface area contributed by atoms with E-state index in [9.17, 15) is 4.79 Å². The van der Waals surface area contributed by atoms with Crippen molar-refractivity contribution in [2.24, 2.45) is 5.73 Å². The van der Waals surface area contributed by atoms with Crippen molar-refractivity contribution in [1.29, 1.82) is 0 Å². The largest absolute Gasteiger partial charge is 0.491 e. The summed E-state index contributed by atoms with van der Waals surface area (Å²) in [6.45, 7) is 0.778. The Morgan fingerprint density at radius 2 is 2.25 bits per heavy atom. The molecule has 0 bridgehead atoms. The number of carbonyl (C=O) groups excluding carboxylic acids is 1. The molecule has 1 aromatic heterocycles. The quantitative estimate of drug-likeness (QED) is 0.784. The van der Waals surface area contributed by atoms with Crippen LogP contribution in [0.2, 0.25) is 0 Å². The lowest BCUT2D eigenvalue weighted by atomic mass is 10.3. The van der Waals surface area contributed by atoms with Crippen LogP contribution in [0.3, 0.4) is 0 Å². The third-order valence-corrected chi connectivity index (χ3v) is 2.09. The molecule has 0 aliphatic rings. The zero-order valence-corrected chi connectivity index (χ0v) is 9.64. The van der Waals surface area contributed by atoms with Crippen LogP contribution in [-0.4, -0.2) is 36.5 Å². The fourth-order valence-electron chi connectivity index (χ4n) is 1.10. The van der Waals surface area contributed by atoms with Gasteiger partial charge < -0.3 is 15.4 Å². The summed E-state index contributed by atoms with van der Waals surface area (Å²) in [7, 11) is 3.44. The smallest absolute Gasteiger partial charge is 0.225 e. The van der Waals surface area contributed by atoms with Crippen molar-refractivity contribution in [2.45, 2.75) is 13.0 Å². The van der Waals surface area contributed by atoms with Gasteiger partial charge in [-0.25, -0.2) is 0 Å². The highest BCUT2D eigenvalue weighted by atomic mass is 16.5. The second-order valence-corrected chi connectivity index (χ2v) is 3.58. The molecule has 16 heavy (non-hydrogen) atoms. The number of rotatable bonds is 5. The molecule has 0 aromatic carbocycles. The summed E-state index contributed by atoms with van der Waals surface area (Å²) in [6, 6.07) is 3.61. The third kappa shape index (κ3) is 3.86. The molecule has 0 unspecified atom stereocenters.